The minimum Gasteiger partial charge on any atom is -0.394 e. The standard InChI is InChI=1S/C32H40FN3O5Si/c1-21-30(42(2,3)33)27(18-29(39)35-15-7-11-24(35)20-37)41-32(21)25-12-4-5-13-26(25)36(31(32)40)19-22-9-6-10-23(17-22)34-16-8-14-28(34)38/h4-6,9-10,12-13,17,21,24,27,30,37H,7-8,11,14-16,18-20H2,1-3H3/t21-,24-,27+,30-,32+/m0/s1. The van der Waals surface area contributed by atoms with E-state index in [2.05, 4.69) is 0 Å². The van der Waals surface area contributed by atoms with Gasteiger partial charge in [-0.15, -0.1) is 0 Å². The van der Waals surface area contributed by atoms with Gasteiger partial charge in [-0.3, -0.25) is 14.4 Å². The van der Waals surface area contributed by atoms with E-state index in [1.54, 1.807) is 27.8 Å². The van der Waals surface area contributed by atoms with Crippen LogP contribution in [0.1, 0.15) is 50.2 Å². The number of aliphatic hydroxyl groups is 1. The Morgan fingerprint density at radius 1 is 1.12 bits per heavy atom. The molecule has 0 aromatic heterocycles. The molecule has 0 radical (unpaired) electrons. The highest BCUT2D eigenvalue weighted by Crippen LogP contribution is 2.60. The largest absolute Gasteiger partial charge is 0.394 e. The monoisotopic (exact) mass is 593 g/mol. The van der Waals surface area contributed by atoms with Crippen LogP contribution < -0.4 is 9.80 Å². The second kappa shape index (κ2) is 10.9. The van der Waals surface area contributed by atoms with Crippen LogP contribution >= 0.6 is 0 Å². The van der Waals surface area contributed by atoms with Gasteiger partial charge in [0.05, 0.1) is 37.4 Å². The van der Waals surface area contributed by atoms with Gasteiger partial charge in [0, 0.05) is 42.2 Å². The molecule has 224 valence electrons. The van der Waals surface area contributed by atoms with Gasteiger partial charge >= 0.3 is 0 Å². The highest BCUT2D eigenvalue weighted by atomic mass is 28.4. The summed E-state index contributed by atoms with van der Waals surface area (Å²) in [4.78, 5) is 45.6. The Morgan fingerprint density at radius 3 is 2.62 bits per heavy atom. The lowest BCUT2D eigenvalue weighted by Gasteiger charge is -2.31. The SMILES string of the molecule is C[C@H]1[C@H]([Si](C)(C)F)[C@@H](CC(=O)N2CCC[C@H]2CO)O[C@]12C(=O)N(Cc1cccc(N3CCCC3=O)c1)c1ccccc12. The van der Waals surface area contributed by atoms with Gasteiger partial charge < -0.3 is 28.7 Å². The number of carbonyl (C=O) groups excluding carboxylic acids is 3. The lowest BCUT2D eigenvalue weighted by Crippen LogP contribution is -2.45. The van der Waals surface area contributed by atoms with Crippen LogP contribution in [-0.4, -0.2) is 68.0 Å². The smallest absolute Gasteiger partial charge is 0.264 e. The highest BCUT2D eigenvalue weighted by Gasteiger charge is 2.67. The molecule has 4 heterocycles. The molecule has 0 bridgehead atoms. The Kier molecular flexibility index (Phi) is 7.51. The quantitative estimate of drug-likeness (QED) is 0.377. The van der Waals surface area contributed by atoms with Crippen molar-refractivity contribution in [2.24, 2.45) is 5.92 Å². The number of anilines is 2. The molecule has 3 fully saturated rings. The van der Waals surface area contributed by atoms with Gasteiger partial charge in [0.1, 0.15) is 0 Å². The summed E-state index contributed by atoms with van der Waals surface area (Å²) < 4.78 is 22.8. The van der Waals surface area contributed by atoms with Gasteiger partial charge in [-0.05, 0) is 56.1 Å². The predicted molar refractivity (Wildman–Crippen MR) is 160 cm³/mol. The summed E-state index contributed by atoms with van der Waals surface area (Å²) in [7, 11) is -3.41. The molecule has 1 N–H and O–H groups in total. The van der Waals surface area contributed by atoms with E-state index in [4.69, 9.17) is 4.74 Å². The number of para-hydroxylation sites is 1. The molecule has 1 spiro atoms. The van der Waals surface area contributed by atoms with E-state index >= 15 is 4.11 Å². The maximum atomic E-state index is 16.1. The molecule has 8 nitrogen and oxygen atoms in total. The van der Waals surface area contributed by atoms with Gasteiger partial charge in [0.15, 0.2) is 5.60 Å². The van der Waals surface area contributed by atoms with Crippen LogP contribution in [0.4, 0.5) is 15.5 Å². The first kappa shape index (κ1) is 29.0. The number of fused-ring (bicyclic) bond motifs is 2. The number of likely N-dealkylation sites (tertiary alicyclic amines) is 1. The van der Waals surface area contributed by atoms with Crippen molar-refractivity contribution < 1.29 is 28.3 Å². The fraction of sp³-hybridized carbons (Fsp3) is 0.531. The van der Waals surface area contributed by atoms with Gasteiger partial charge in [0.25, 0.3) is 5.91 Å². The molecule has 3 saturated heterocycles. The van der Waals surface area contributed by atoms with Crippen LogP contribution in [-0.2, 0) is 31.3 Å². The maximum absolute atomic E-state index is 16.1. The van der Waals surface area contributed by atoms with E-state index in [1.165, 1.54) is 0 Å². The van der Waals surface area contributed by atoms with Gasteiger partial charge in [-0.2, -0.15) is 0 Å². The number of ether oxygens (including phenoxy) is 1. The summed E-state index contributed by atoms with van der Waals surface area (Å²) in [5, 5.41) is 9.78. The molecule has 4 aliphatic rings. The van der Waals surface area contributed by atoms with E-state index < -0.39 is 31.6 Å². The molecule has 0 aliphatic carbocycles. The molecular weight excluding hydrogens is 553 g/mol. The molecule has 42 heavy (non-hydrogen) atoms. The van der Waals surface area contributed by atoms with Crippen molar-refractivity contribution in [1.29, 1.82) is 0 Å². The summed E-state index contributed by atoms with van der Waals surface area (Å²) in [6.45, 7) is 6.59. The van der Waals surface area contributed by atoms with E-state index in [1.807, 2.05) is 55.5 Å². The average Bonchev–Trinajstić information content (AvgIpc) is 3.72. The number of hydrogen-bond donors (Lipinski definition) is 1. The molecule has 2 aromatic rings. The van der Waals surface area contributed by atoms with Crippen molar-refractivity contribution in [2.45, 2.75) is 82.0 Å². The molecule has 0 saturated carbocycles. The topological polar surface area (TPSA) is 90.4 Å². The van der Waals surface area contributed by atoms with Crippen molar-refractivity contribution in [1.82, 2.24) is 4.90 Å². The van der Waals surface area contributed by atoms with Crippen molar-refractivity contribution in [3.8, 4) is 0 Å². The van der Waals surface area contributed by atoms with Crippen LogP contribution in [0.3, 0.4) is 0 Å². The molecule has 0 unspecified atom stereocenters. The first-order valence-electron chi connectivity index (χ1n) is 15.1. The highest BCUT2D eigenvalue weighted by molar-refractivity contribution is 6.72. The first-order chi connectivity index (χ1) is 20.1. The number of hydrogen-bond acceptors (Lipinski definition) is 5. The minimum atomic E-state index is -3.41. The molecule has 2 aromatic carbocycles. The third-order valence-corrected chi connectivity index (χ3v) is 12.2. The number of nitrogens with zero attached hydrogens (tertiary/aromatic N) is 3. The van der Waals surface area contributed by atoms with Gasteiger partial charge in [0.2, 0.25) is 20.2 Å². The zero-order valence-electron chi connectivity index (χ0n) is 24.6. The normalized spacial score (nSPS) is 29.3. The lowest BCUT2D eigenvalue weighted by molar-refractivity contribution is -0.150. The van der Waals surface area contributed by atoms with Crippen LogP contribution in [0, 0.1) is 5.92 Å². The third-order valence-electron chi connectivity index (χ3n) is 9.79. The van der Waals surface area contributed by atoms with E-state index in [0.29, 0.717) is 25.1 Å². The van der Waals surface area contributed by atoms with Crippen molar-refractivity contribution in [3.05, 3.63) is 59.7 Å². The Morgan fingerprint density at radius 2 is 1.90 bits per heavy atom. The zero-order chi connectivity index (χ0) is 29.8. The van der Waals surface area contributed by atoms with Crippen LogP contribution in [0.15, 0.2) is 48.5 Å². The predicted octanol–water partition coefficient (Wildman–Crippen LogP) is 4.51. The zero-order valence-corrected chi connectivity index (χ0v) is 25.6. The lowest BCUT2D eigenvalue weighted by atomic mass is 9.82. The molecule has 6 rings (SSSR count). The Labute approximate surface area is 247 Å². The second-order valence-electron chi connectivity index (χ2n) is 12.8. The summed E-state index contributed by atoms with van der Waals surface area (Å²) in [5.41, 5.74) is 1.17. The molecule has 4 aliphatic heterocycles. The van der Waals surface area contributed by atoms with Crippen LogP contribution in [0.5, 0.6) is 0 Å². The Hall–Kier alpha value is -3.08. The Bertz CT molecular complexity index is 1400. The number of benzene rings is 2. The van der Waals surface area contributed by atoms with E-state index in [0.717, 1.165) is 36.2 Å². The van der Waals surface area contributed by atoms with Crippen molar-refractivity contribution in [2.75, 3.05) is 29.5 Å². The summed E-state index contributed by atoms with van der Waals surface area (Å²) in [6.07, 6.45) is 2.17. The number of rotatable bonds is 7. The number of aliphatic hydroxyl groups excluding tert-OH is 1. The fourth-order valence-electron chi connectivity index (χ4n) is 7.93. The second-order valence-corrected chi connectivity index (χ2v) is 16.6. The van der Waals surface area contributed by atoms with Gasteiger partial charge in [-0.25, -0.2) is 0 Å². The van der Waals surface area contributed by atoms with Crippen molar-refractivity contribution >= 4 is 37.5 Å². The third kappa shape index (κ3) is 4.68. The molecule has 5 atom stereocenters. The molecular formula is C32H40FN3O5Si. The molecule has 3 amide bonds. The van der Waals surface area contributed by atoms with E-state index in [-0.39, 0.29) is 43.3 Å². The fourth-order valence-corrected chi connectivity index (χ4v) is 10.4. The number of halogens is 1. The molecule has 10 heteroatoms. The average molecular weight is 594 g/mol. The maximum Gasteiger partial charge on any atom is 0.264 e. The van der Waals surface area contributed by atoms with Crippen LogP contribution in [0.2, 0.25) is 18.6 Å². The minimum absolute atomic E-state index is 0.0189. The van der Waals surface area contributed by atoms with Crippen LogP contribution in [0.25, 0.3) is 0 Å². The van der Waals surface area contributed by atoms with E-state index in [9.17, 15) is 19.5 Å². The summed E-state index contributed by atoms with van der Waals surface area (Å²) in [6, 6.07) is 15.0. The number of amides is 3. The Balaban J connectivity index is 1.33. The summed E-state index contributed by atoms with van der Waals surface area (Å²) in [5.74, 6) is -0.786. The van der Waals surface area contributed by atoms with Gasteiger partial charge in [-0.1, -0.05) is 37.3 Å². The first-order valence-corrected chi connectivity index (χ1v) is 18.1. The number of carbonyl (C=O) groups is 3. The van der Waals surface area contributed by atoms with Crippen molar-refractivity contribution in [3.63, 3.8) is 0 Å². The summed E-state index contributed by atoms with van der Waals surface area (Å²) >= 11 is 0.